The van der Waals surface area contributed by atoms with E-state index in [2.05, 4.69) is 0 Å². The topological polar surface area (TPSA) is 40.1 Å². The highest BCUT2D eigenvalue weighted by atomic mass is 35.5. The molecule has 0 aromatic heterocycles. The van der Waals surface area contributed by atoms with Crippen LogP contribution < -0.4 is 5.11 Å². The fourth-order valence-corrected chi connectivity index (χ4v) is 1.27. The molecule has 0 atom stereocenters. The van der Waals surface area contributed by atoms with Crippen LogP contribution in [0.1, 0.15) is 5.56 Å². The van der Waals surface area contributed by atoms with Crippen LogP contribution in [0.5, 0.6) is 0 Å². The van der Waals surface area contributed by atoms with Gasteiger partial charge in [-0.2, -0.15) is 0 Å². The summed E-state index contributed by atoms with van der Waals surface area (Å²) in [5.74, 6) is -1.26. The first-order valence-corrected chi connectivity index (χ1v) is 4.19. The minimum atomic E-state index is -1.26. The van der Waals surface area contributed by atoms with Gasteiger partial charge in [0, 0.05) is 10.0 Å². The molecule has 0 aliphatic rings. The van der Waals surface area contributed by atoms with Gasteiger partial charge in [-0.15, -0.1) is 0 Å². The van der Waals surface area contributed by atoms with Gasteiger partial charge in [0.05, 0.1) is 5.97 Å². The number of benzene rings is 1. The Balaban J connectivity index is 2.96. The van der Waals surface area contributed by atoms with Crippen molar-refractivity contribution in [2.75, 3.05) is 0 Å². The fourth-order valence-electron chi connectivity index (χ4n) is 0.794. The second-order valence-corrected chi connectivity index (χ2v) is 3.16. The maximum Gasteiger partial charge on any atom is 0.0643 e. The highest BCUT2D eigenvalue weighted by molar-refractivity contribution is 6.35. The summed E-state index contributed by atoms with van der Waals surface area (Å²) in [6.45, 7) is 0. The Morgan fingerprint density at radius 3 is 2.62 bits per heavy atom. The smallest absolute Gasteiger partial charge is 0.0643 e. The third kappa shape index (κ3) is 3.09. The van der Waals surface area contributed by atoms with Crippen molar-refractivity contribution in [2.45, 2.75) is 0 Å². The molecule has 0 saturated carbocycles. The third-order valence-corrected chi connectivity index (χ3v) is 1.92. The lowest BCUT2D eigenvalue weighted by molar-refractivity contribution is -0.297. The van der Waals surface area contributed by atoms with Gasteiger partial charge in [0.2, 0.25) is 0 Å². The number of halogens is 2. The molecule has 0 aliphatic heterocycles. The lowest BCUT2D eigenvalue weighted by Gasteiger charge is -1.98. The lowest BCUT2D eigenvalue weighted by Crippen LogP contribution is -2.18. The van der Waals surface area contributed by atoms with Gasteiger partial charge in [-0.25, -0.2) is 0 Å². The summed E-state index contributed by atoms with van der Waals surface area (Å²) in [4.78, 5) is 10.1. The minimum Gasteiger partial charge on any atom is -0.545 e. The van der Waals surface area contributed by atoms with Crippen molar-refractivity contribution in [3.63, 3.8) is 0 Å². The summed E-state index contributed by atoms with van der Waals surface area (Å²) in [7, 11) is 0. The summed E-state index contributed by atoms with van der Waals surface area (Å²) in [6.07, 6.45) is 2.27. The number of carboxylic acids is 1. The van der Waals surface area contributed by atoms with Crippen LogP contribution in [0, 0.1) is 0 Å². The molecule has 1 aromatic rings. The van der Waals surface area contributed by atoms with Gasteiger partial charge in [0.15, 0.2) is 0 Å². The van der Waals surface area contributed by atoms with Gasteiger partial charge in [0.25, 0.3) is 0 Å². The van der Waals surface area contributed by atoms with Crippen LogP contribution in [-0.4, -0.2) is 5.97 Å². The van der Waals surface area contributed by atoms with E-state index in [1.54, 1.807) is 12.1 Å². The molecule has 0 unspecified atom stereocenters. The van der Waals surface area contributed by atoms with Crippen molar-refractivity contribution in [1.82, 2.24) is 0 Å². The molecular weight excluding hydrogens is 211 g/mol. The van der Waals surface area contributed by atoms with Gasteiger partial charge < -0.3 is 9.90 Å². The van der Waals surface area contributed by atoms with Crippen LogP contribution in [-0.2, 0) is 4.79 Å². The average molecular weight is 216 g/mol. The summed E-state index contributed by atoms with van der Waals surface area (Å²) < 4.78 is 0. The Bertz CT molecular complexity index is 359. The maximum atomic E-state index is 10.1. The summed E-state index contributed by atoms with van der Waals surface area (Å²) in [6, 6.07) is 4.80. The predicted molar refractivity (Wildman–Crippen MR) is 50.5 cm³/mol. The van der Waals surface area contributed by atoms with Gasteiger partial charge in [-0.1, -0.05) is 35.3 Å². The van der Waals surface area contributed by atoms with Crippen molar-refractivity contribution in [3.05, 3.63) is 39.9 Å². The zero-order valence-corrected chi connectivity index (χ0v) is 7.97. The summed E-state index contributed by atoms with van der Waals surface area (Å²) >= 11 is 11.4. The predicted octanol–water partition coefficient (Wildman–Crippen LogP) is 1.76. The van der Waals surface area contributed by atoms with Gasteiger partial charge >= 0.3 is 0 Å². The number of hydrogen-bond donors (Lipinski definition) is 0. The first-order chi connectivity index (χ1) is 6.09. The van der Waals surface area contributed by atoms with E-state index in [0.717, 1.165) is 6.08 Å². The van der Waals surface area contributed by atoms with E-state index >= 15 is 0 Å². The molecule has 2 nitrogen and oxygen atoms in total. The van der Waals surface area contributed by atoms with Gasteiger partial charge in [0.1, 0.15) is 0 Å². The van der Waals surface area contributed by atoms with Crippen LogP contribution >= 0.6 is 23.2 Å². The molecular formula is C9H5Cl2O2-. The van der Waals surface area contributed by atoms with Crippen LogP contribution in [0.25, 0.3) is 6.08 Å². The van der Waals surface area contributed by atoms with Crippen LogP contribution in [0.2, 0.25) is 10.0 Å². The Hall–Kier alpha value is -0.990. The van der Waals surface area contributed by atoms with Crippen molar-refractivity contribution in [2.24, 2.45) is 0 Å². The van der Waals surface area contributed by atoms with Gasteiger partial charge in [-0.05, 0) is 23.8 Å². The molecule has 4 heteroatoms. The highest BCUT2D eigenvalue weighted by Crippen LogP contribution is 2.21. The fraction of sp³-hybridized carbons (Fsp3) is 0. The van der Waals surface area contributed by atoms with E-state index in [1.165, 1.54) is 12.1 Å². The quantitative estimate of drug-likeness (QED) is 0.706. The second kappa shape index (κ2) is 4.30. The first-order valence-electron chi connectivity index (χ1n) is 3.43. The number of rotatable bonds is 2. The zero-order chi connectivity index (χ0) is 9.84. The molecule has 0 radical (unpaired) electrons. The molecule has 0 spiro atoms. The largest absolute Gasteiger partial charge is 0.545 e. The number of carboxylic acid groups (broad SMARTS) is 1. The molecule has 68 valence electrons. The Morgan fingerprint density at radius 2 is 2.08 bits per heavy atom. The Kier molecular flexibility index (Phi) is 3.34. The van der Waals surface area contributed by atoms with E-state index in [0.29, 0.717) is 15.6 Å². The summed E-state index contributed by atoms with van der Waals surface area (Å²) in [5.41, 5.74) is 0.593. The average Bonchev–Trinajstić information content (AvgIpc) is 2.02. The molecule has 0 amide bonds. The number of carbonyl (C=O) groups excluding carboxylic acids is 1. The molecule has 0 fully saturated rings. The molecule has 0 N–H and O–H groups in total. The van der Waals surface area contributed by atoms with E-state index < -0.39 is 5.97 Å². The third-order valence-electron chi connectivity index (χ3n) is 1.36. The van der Waals surface area contributed by atoms with Crippen LogP contribution in [0.4, 0.5) is 0 Å². The highest BCUT2D eigenvalue weighted by Gasteiger charge is 1.96. The Labute approximate surface area is 85.4 Å². The number of aliphatic carboxylic acids is 1. The van der Waals surface area contributed by atoms with Crippen molar-refractivity contribution in [3.8, 4) is 0 Å². The second-order valence-electron chi connectivity index (χ2n) is 2.32. The normalized spacial score (nSPS) is 10.6. The molecule has 13 heavy (non-hydrogen) atoms. The molecule has 0 aliphatic carbocycles. The lowest BCUT2D eigenvalue weighted by atomic mass is 10.2. The minimum absolute atomic E-state index is 0.407. The molecule has 0 saturated heterocycles. The molecule has 0 heterocycles. The van der Waals surface area contributed by atoms with Crippen molar-refractivity contribution in [1.29, 1.82) is 0 Å². The molecule has 1 rings (SSSR count). The summed E-state index contributed by atoms with van der Waals surface area (Å²) in [5, 5.41) is 11.0. The number of hydrogen-bond acceptors (Lipinski definition) is 2. The van der Waals surface area contributed by atoms with Crippen LogP contribution in [0.3, 0.4) is 0 Å². The Morgan fingerprint density at radius 1 is 1.38 bits per heavy atom. The van der Waals surface area contributed by atoms with Crippen molar-refractivity contribution < 1.29 is 9.90 Å². The van der Waals surface area contributed by atoms with Crippen LogP contribution in [0.15, 0.2) is 24.3 Å². The molecule has 1 aromatic carbocycles. The number of carbonyl (C=O) groups is 1. The van der Waals surface area contributed by atoms with E-state index in [9.17, 15) is 9.90 Å². The maximum absolute atomic E-state index is 10.1. The zero-order valence-electron chi connectivity index (χ0n) is 6.46. The van der Waals surface area contributed by atoms with E-state index in [4.69, 9.17) is 23.2 Å². The van der Waals surface area contributed by atoms with Gasteiger partial charge in [-0.3, -0.25) is 0 Å². The monoisotopic (exact) mass is 215 g/mol. The van der Waals surface area contributed by atoms with E-state index in [1.807, 2.05) is 0 Å². The van der Waals surface area contributed by atoms with Crippen molar-refractivity contribution >= 4 is 35.2 Å². The van der Waals surface area contributed by atoms with E-state index in [-0.39, 0.29) is 0 Å². The standard InChI is InChI=1S/C9H6Cl2O2/c10-7-3-1-6(8(11)5-7)2-4-9(12)13/h1-5H,(H,12,13)/p-1. The SMILES string of the molecule is O=C([O-])C=Cc1ccc(Cl)cc1Cl. The first kappa shape index (κ1) is 10.1. The molecule has 0 bridgehead atoms.